The van der Waals surface area contributed by atoms with Gasteiger partial charge in [0.1, 0.15) is 6.54 Å². The summed E-state index contributed by atoms with van der Waals surface area (Å²) in [6, 6.07) is 0.618. The summed E-state index contributed by atoms with van der Waals surface area (Å²) < 4.78 is 1.54. The van der Waals surface area contributed by atoms with Gasteiger partial charge in [-0.1, -0.05) is 25.5 Å². The highest BCUT2D eigenvalue weighted by Gasteiger charge is 2.22. The Morgan fingerprint density at radius 2 is 2.29 bits per heavy atom. The monoisotopic (exact) mass is 293 g/mol. The predicted molar refractivity (Wildman–Crippen MR) is 81.7 cm³/mol. The predicted octanol–water partition coefficient (Wildman–Crippen LogP) is 1.29. The van der Waals surface area contributed by atoms with E-state index in [1.807, 2.05) is 0 Å². The van der Waals surface area contributed by atoms with E-state index in [1.54, 1.807) is 17.1 Å². The summed E-state index contributed by atoms with van der Waals surface area (Å²) in [7, 11) is 0. The van der Waals surface area contributed by atoms with Crippen LogP contribution in [0.5, 0.6) is 0 Å². The van der Waals surface area contributed by atoms with Crippen molar-refractivity contribution in [3.63, 3.8) is 0 Å². The van der Waals surface area contributed by atoms with E-state index < -0.39 is 0 Å². The number of rotatable bonds is 7. The Bertz CT molecular complexity index is 418. The van der Waals surface area contributed by atoms with Crippen molar-refractivity contribution in [2.45, 2.75) is 52.1 Å². The number of likely N-dealkylation sites (tertiary alicyclic amines) is 1. The highest BCUT2D eigenvalue weighted by molar-refractivity contribution is 5.75. The number of piperidine rings is 1. The fourth-order valence-electron chi connectivity index (χ4n) is 2.99. The molecule has 0 aromatic carbocycles. The van der Waals surface area contributed by atoms with Crippen LogP contribution in [0.15, 0.2) is 12.4 Å². The van der Waals surface area contributed by atoms with Gasteiger partial charge in [-0.2, -0.15) is 0 Å². The van der Waals surface area contributed by atoms with E-state index in [4.69, 9.17) is 0 Å². The first-order valence-electron chi connectivity index (χ1n) is 8.00. The number of aromatic nitrogens is 3. The highest BCUT2D eigenvalue weighted by atomic mass is 16.2. The number of amides is 1. The molecule has 0 spiro atoms. The molecule has 1 aliphatic heterocycles. The number of nitrogens with zero attached hydrogens (tertiary/aromatic N) is 4. The molecule has 0 bridgehead atoms. The van der Waals surface area contributed by atoms with Gasteiger partial charge in [0.25, 0.3) is 0 Å². The van der Waals surface area contributed by atoms with Crippen LogP contribution in [0.25, 0.3) is 0 Å². The van der Waals surface area contributed by atoms with Gasteiger partial charge in [0.2, 0.25) is 5.91 Å². The number of hydrogen-bond acceptors (Lipinski definition) is 4. The fraction of sp³-hybridized carbons (Fsp3) is 0.800. The van der Waals surface area contributed by atoms with Gasteiger partial charge in [-0.3, -0.25) is 4.79 Å². The van der Waals surface area contributed by atoms with Gasteiger partial charge in [-0.05, 0) is 31.7 Å². The first-order valence-corrected chi connectivity index (χ1v) is 8.00. The summed E-state index contributed by atoms with van der Waals surface area (Å²) in [6.45, 7) is 7.90. The molecule has 6 heteroatoms. The van der Waals surface area contributed by atoms with E-state index in [-0.39, 0.29) is 12.5 Å². The Hall–Kier alpha value is -1.43. The topological polar surface area (TPSA) is 63.1 Å². The number of hydrogen-bond donors (Lipinski definition) is 1. The van der Waals surface area contributed by atoms with Crippen molar-refractivity contribution in [2.75, 3.05) is 19.6 Å². The smallest absolute Gasteiger partial charge is 0.241 e. The molecule has 0 radical (unpaired) electrons. The van der Waals surface area contributed by atoms with Crippen molar-refractivity contribution in [2.24, 2.45) is 5.92 Å². The SMILES string of the molecule is CC(C)CN1CCCCC1CCNC(=O)Cn1ccnn1. The molecule has 1 N–H and O–H groups in total. The molecule has 1 atom stereocenters. The first-order chi connectivity index (χ1) is 10.1. The summed E-state index contributed by atoms with van der Waals surface area (Å²) in [5.74, 6) is 0.708. The van der Waals surface area contributed by atoms with E-state index in [2.05, 4.69) is 34.4 Å². The number of nitrogens with one attached hydrogen (secondary N) is 1. The van der Waals surface area contributed by atoms with Gasteiger partial charge in [-0.15, -0.1) is 5.10 Å². The summed E-state index contributed by atoms with van der Waals surface area (Å²) in [5.41, 5.74) is 0. The van der Waals surface area contributed by atoms with Crippen LogP contribution >= 0.6 is 0 Å². The van der Waals surface area contributed by atoms with Crippen molar-refractivity contribution in [1.29, 1.82) is 0 Å². The highest BCUT2D eigenvalue weighted by Crippen LogP contribution is 2.20. The maximum absolute atomic E-state index is 11.8. The molecule has 2 heterocycles. The molecule has 21 heavy (non-hydrogen) atoms. The van der Waals surface area contributed by atoms with Crippen molar-refractivity contribution in [3.05, 3.63) is 12.4 Å². The lowest BCUT2D eigenvalue weighted by Gasteiger charge is -2.37. The van der Waals surface area contributed by atoms with Crippen molar-refractivity contribution in [1.82, 2.24) is 25.2 Å². The molecule has 1 aromatic rings. The van der Waals surface area contributed by atoms with Crippen LogP contribution in [-0.4, -0.2) is 51.5 Å². The molecule has 1 aromatic heterocycles. The first kappa shape index (κ1) is 15.9. The van der Waals surface area contributed by atoms with E-state index in [9.17, 15) is 4.79 Å². The second-order valence-electron chi connectivity index (χ2n) is 6.28. The van der Waals surface area contributed by atoms with Crippen molar-refractivity contribution >= 4 is 5.91 Å². The zero-order valence-corrected chi connectivity index (χ0v) is 13.2. The molecule has 1 fully saturated rings. The van der Waals surface area contributed by atoms with Crippen molar-refractivity contribution < 1.29 is 4.79 Å². The third kappa shape index (κ3) is 5.46. The van der Waals surface area contributed by atoms with E-state index >= 15 is 0 Å². The van der Waals surface area contributed by atoms with Crippen LogP contribution in [-0.2, 0) is 11.3 Å². The minimum atomic E-state index is 0.00622. The van der Waals surface area contributed by atoms with Gasteiger partial charge in [0.15, 0.2) is 0 Å². The summed E-state index contributed by atoms with van der Waals surface area (Å²) in [5, 5.41) is 10.5. The Morgan fingerprint density at radius 3 is 3.00 bits per heavy atom. The van der Waals surface area contributed by atoms with E-state index in [0.717, 1.165) is 19.5 Å². The molecule has 0 saturated carbocycles. The lowest BCUT2D eigenvalue weighted by atomic mass is 9.98. The lowest BCUT2D eigenvalue weighted by Crippen LogP contribution is -2.43. The standard InChI is InChI=1S/C15H27N5O/c1-13(2)11-19-9-4-3-5-14(19)6-7-16-15(21)12-20-10-8-17-18-20/h8,10,13-14H,3-7,9,11-12H2,1-2H3,(H,16,21). The van der Waals surface area contributed by atoms with Crippen LogP contribution in [0.2, 0.25) is 0 Å². The number of carbonyl (C=O) groups is 1. The Morgan fingerprint density at radius 1 is 1.43 bits per heavy atom. The molecule has 2 rings (SSSR count). The van der Waals surface area contributed by atoms with Gasteiger partial charge in [0.05, 0.1) is 6.20 Å². The summed E-state index contributed by atoms with van der Waals surface area (Å²) in [4.78, 5) is 14.4. The lowest BCUT2D eigenvalue weighted by molar-refractivity contribution is -0.121. The molecule has 1 unspecified atom stereocenters. The molecule has 1 aliphatic rings. The van der Waals surface area contributed by atoms with Gasteiger partial charge < -0.3 is 10.2 Å². The van der Waals surface area contributed by atoms with Gasteiger partial charge in [-0.25, -0.2) is 4.68 Å². The molecule has 6 nitrogen and oxygen atoms in total. The minimum absolute atomic E-state index is 0.00622. The Kier molecular flexibility index (Phi) is 6.17. The zero-order valence-electron chi connectivity index (χ0n) is 13.2. The molecular formula is C15H27N5O. The van der Waals surface area contributed by atoms with E-state index in [1.165, 1.54) is 25.8 Å². The fourth-order valence-corrected chi connectivity index (χ4v) is 2.99. The van der Waals surface area contributed by atoms with Gasteiger partial charge >= 0.3 is 0 Å². The third-order valence-corrected chi connectivity index (χ3v) is 3.93. The molecule has 0 aliphatic carbocycles. The third-order valence-electron chi connectivity index (χ3n) is 3.93. The second-order valence-corrected chi connectivity index (χ2v) is 6.28. The average Bonchev–Trinajstić information content (AvgIpc) is 2.93. The molecule has 1 amide bonds. The largest absolute Gasteiger partial charge is 0.354 e. The van der Waals surface area contributed by atoms with Crippen LogP contribution in [0.3, 0.4) is 0 Å². The second kappa shape index (κ2) is 8.12. The normalized spacial score (nSPS) is 19.9. The maximum atomic E-state index is 11.8. The molecular weight excluding hydrogens is 266 g/mol. The minimum Gasteiger partial charge on any atom is -0.354 e. The molecule has 1 saturated heterocycles. The quantitative estimate of drug-likeness (QED) is 0.823. The average molecular weight is 293 g/mol. The van der Waals surface area contributed by atoms with Crippen LogP contribution in [0.4, 0.5) is 0 Å². The van der Waals surface area contributed by atoms with E-state index in [0.29, 0.717) is 12.0 Å². The molecule has 118 valence electrons. The van der Waals surface area contributed by atoms with Crippen molar-refractivity contribution in [3.8, 4) is 0 Å². The van der Waals surface area contributed by atoms with Crippen LogP contribution < -0.4 is 5.32 Å². The number of carbonyl (C=O) groups excluding carboxylic acids is 1. The van der Waals surface area contributed by atoms with Crippen LogP contribution in [0.1, 0.15) is 39.5 Å². The van der Waals surface area contributed by atoms with Crippen LogP contribution in [0, 0.1) is 5.92 Å². The Balaban J connectivity index is 1.69. The maximum Gasteiger partial charge on any atom is 0.241 e. The summed E-state index contributed by atoms with van der Waals surface area (Å²) in [6.07, 6.45) is 8.19. The Labute approximate surface area is 126 Å². The zero-order chi connectivity index (χ0) is 15.1. The summed E-state index contributed by atoms with van der Waals surface area (Å²) >= 11 is 0. The van der Waals surface area contributed by atoms with Gasteiger partial charge in [0, 0.05) is 25.3 Å².